The second-order valence-electron chi connectivity index (χ2n) is 5.94. The van der Waals surface area contributed by atoms with Gasteiger partial charge in [-0.2, -0.15) is 5.26 Å². The molecule has 5 heteroatoms. The van der Waals surface area contributed by atoms with Gasteiger partial charge in [0.2, 0.25) is 0 Å². The fourth-order valence-corrected chi connectivity index (χ4v) is 2.86. The number of amides is 1. The zero-order valence-corrected chi connectivity index (χ0v) is 13.5. The summed E-state index contributed by atoms with van der Waals surface area (Å²) in [5.41, 5.74) is 0.360. The Kier molecular flexibility index (Phi) is 5.64. The van der Waals surface area contributed by atoms with Crippen LogP contribution in [0.1, 0.15) is 38.2 Å². The van der Waals surface area contributed by atoms with Gasteiger partial charge in [0.15, 0.2) is 0 Å². The van der Waals surface area contributed by atoms with Crippen LogP contribution in [-0.4, -0.2) is 24.2 Å². The third kappa shape index (κ3) is 4.26. The van der Waals surface area contributed by atoms with Crippen LogP contribution in [0.5, 0.6) is 11.5 Å². The largest absolute Gasteiger partial charge is 0.507 e. The minimum Gasteiger partial charge on any atom is -0.507 e. The van der Waals surface area contributed by atoms with Crippen LogP contribution in [0.15, 0.2) is 23.8 Å². The molecule has 1 aromatic rings. The zero-order valence-electron chi connectivity index (χ0n) is 13.5. The molecule has 0 aliphatic heterocycles. The summed E-state index contributed by atoms with van der Waals surface area (Å²) in [6.07, 6.45) is 5.70. The Labute approximate surface area is 136 Å². The molecule has 0 radical (unpaired) electrons. The van der Waals surface area contributed by atoms with Gasteiger partial charge >= 0.3 is 0 Å². The van der Waals surface area contributed by atoms with Crippen molar-refractivity contribution in [1.29, 1.82) is 5.26 Å². The van der Waals surface area contributed by atoms with Crippen LogP contribution in [0.2, 0.25) is 0 Å². The molecule has 1 aliphatic carbocycles. The first kappa shape index (κ1) is 16.9. The summed E-state index contributed by atoms with van der Waals surface area (Å²) < 4.78 is 5.10. The fraction of sp³-hybridized carbons (Fsp3) is 0.444. The molecule has 23 heavy (non-hydrogen) atoms. The number of carbonyl (C=O) groups excluding carboxylic acids is 1. The Morgan fingerprint density at radius 1 is 1.43 bits per heavy atom. The Balaban J connectivity index is 2.18. The summed E-state index contributed by atoms with van der Waals surface area (Å²) >= 11 is 0. The highest BCUT2D eigenvalue weighted by atomic mass is 16.5. The first-order valence-electron chi connectivity index (χ1n) is 7.84. The van der Waals surface area contributed by atoms with Crippen molar-refractivity contribution in [3.05, 3.63) is 29.3 Å². The molecule has 2 atom stereocenters. The molecule has 0 saturated heterocycles. The third-order valence-corrected chi connectivity index (χ3v) is 4.33. The van der Waals surface area contributed by atoms with Gasteiger partial charge in [0.05, 0.1) is 7.11 Å². The predicted octanol–water partition coefficient (Wildman–Crippen LogP) is 3.00. The Hall–Kier alpha value is -2.48. The van der Waals surface area contributed by atoms with Crippen molar-refractivity contribution in [2.45, 2.75) is 38.6 Å². The lowest BCUT2D eigenvalue weighted by Gasteiger charge is -2.29. The molecule has 0 spiro atoms. The van der Waals surface area contributed by atoms with Crippen LogP contribution in [0.4, 0.5) is 0 Å². The van der Waals surface area contributed by atoms with Crippen molar-refractivity contribution < 1.29 is 14.6 Å². The van der Waals surface area contributed by atoms with Crippen LogP contribution in [0.25, 0.3) is 6.08 Å². The van der Waals surface area contributed by atoms with E-state index in [9.17, 15) is 15.2 Å². The van der Waals surface area contributed by atoms with Gasteiger partial charge in [-0.25, -0.2) is 0 Å². The number of hydrogen-bond acceptors (Lipinski definition) is 4. The summed E-state index contributed by atoms with van der Waals surface area (Å²) in [5, 5.41) is 22.1. The molecule has 1 saturated carbocycles. The number of carbonyl (C=O) groups is 1. The van der Waals surface area contributed by atoms with Crippen molar-refractivity contribution in [1.82, 2.24) is 5.32 Å². The van der Waals surface area contributed by atoms with E-state index in [4.69, 9.17) is 4.74 Å². The van der Waals surface area contributed by atoms with Gasteiger partial charge in [-0.3, -0.25) is 4.79 Å². The number of rotatable bonds is 4. The molecule has 1 amide bonds. The summed E-state index contributed by atoms with van der Waals surface area (Å²) in [7, 11) is 1.52. The first-order valence-corrected chi connectivity index (χ1v) is 7.84. The number of nitrogens with zero attached hydrogens (tertiary/aromatic N) is 1. The minimum atomic E-state index is -0.395. The summed E-state index contributed by atoms with van der Waals surface area (Å²) in [6, 6.07) is 6.69. The summed E-state index contributed by atoms with van der Waals surface area (Å²) in [6.45, 7) is 2.12. The molecule has 2 rings (SSSR count). The topological polar surface area (TPSA) is 82.3 Å². The van der Waals surface area contributed by atoms with Crippen LogP contribution in [-0.2, 0) is 4.79 Å². The monoisotopic (exact) mass is 314 g/mol. The summed E-state index contributed by atoms with van der Waals surface area (Å²) in [5.74, 6) is 0.566. The van der Waals surface area contributed by atoms with Gasteiger partial charge in [0.1, 0.15) is 23.1 Å². The van der Waals surface area contributed by atoms with Crippen molar-refractivity contribution in [3.63, 3.8) is 0 Å². The molecule has 5 nitrogen and oxygen atoms in total. The van der Waals surface area contributed by atoms with Crippen molar-refractivity contribution in [2.75, 3.05) is 7.11 Å². The molecule has 0 unspecified atom stereocenters. The molecule has 122 valence electrons. The van der Waals surface area contributed by atoms with Crippen molar-refractivity contribution in [2.24, 2.45) is 5.92 Å². The summed E-state index contributed by atoms with van der Waals surface area (Å²) in [4.78, 5) is 12.3. The van der Waals surface area contributed by atoms with Gasteiger partial charge in [-0.05, 0) is 43.0 Å². The highest BCUT2D eigenvalue weighted by Crippen LogP contribution is 2.26. The predicted molar refractivity (Wildman–Crippen MR) is 87.8 cm³/mol. The maximum atomic E-state index is 12.3. The first-order chi connectivity index (χ1) is 11.0. The standard InChI is InChI=1S/C18H22N2O3/c1-12-5-3-4-6-16(12)20-18(22)14(11-19)9-13-10-15(23-2)7-8-17(13)21/h7-10,12,16,21H,3-6H2,1-2H3,(H,20,22)/b14-9+/t12-,16-/m1/s1. The van der Waals surface area contributed by atoms with Gasteiger partial charge < -0.3 is 15.2 Å². The van der Waals surface area contributed by atoms with Crippen LogP contribution >= 0.6 is 0 Å². The lowest BCUT2D eigenvalue weighted by molar-refractivity contribution is -0.118. The van der Waals surface area contributed by atoms with E-state index < -0.39 is 5.91 Å². The number of benzene rings is 1. The SMILES string of the molecule is COc1ccc(O)c(/C=C(\C#N)C(=O)N[C@@H]2CCCC[C@H]2C)c1. The number of hydrogen-bond donors (Lipinski definition) is 2. The minimum absolute atomic E-state index is 0.00242. The van der Waals surface area contributed by atoms with Crippen LogP contribution < -0.4 is 10.1 Å². The van der Waals surface area contributed by atoms with Crippen molar-refractivity contribution >= 4 is 12.0 Å². The van der Waals surface area contributed by atoms with E-state index in [1.807, 2.05) is 6.07 Å². The van der Waals surface area contributed by atoms with E-state index in [2.05, 4.69) is 12.2 Å². The number of nitriles is 1. The van der Waals surface area contributed by atoms with Gasteiger partial charge in [-0.15, -0.1) is 0 Å². The van der Waals surface area contributed by atoms with Gasteiger partial charge in [-0.1, -0.05) is 19.8 Å². The number of methoxy groups -OCH3 is 1. The van der Waals surface area contributed by atoms with Gasteiger partial charge in [0, 0.05) is 11.6 Å². The van der Waals surface area contributed by atoms with E-state index in [0.29, 0.717) is 17.2 Å². The second-order valence-corrected chi connectivity index (χ2v) is 5.94. The maximum Gasteiger partial charge on any atom is 0.262 e. The van der Waals surface area contributed by atoms with E-state index >= 15 is 0 Å². The average Bonchev–Trinajstić information content (AvgIpc) is 2.56. The maximum absolute atomic E-state index is 12.3. The number of ether oxygens (including phenoxy) is 1. The molecular formula is C18H22N2O3. The molecule has 0 aromatic heterocycles. The molecule has 1 aliphatic rings. The van der Waals surface area contributed by atoms with Crippen LogP contribution in [0, 0.1) is 17.2 Å². The van der Waals surface area contributed by atoms with Crippen LogP contribution in [0.3, 0.4) is 0 Å². The Morgan fingerprint density at radius 2 is 2.17 bits per heavy atom. The second kappa shape index (κ2) is 7.68. The molecule has 1 fully saturated rings. The molecule has 0 heterocycles. The lowest BCUT2D eigenvalue weighted by Crippen LogP contribution is -2.41. The number of phenolic OH excluding ortho intramolecular Hbond substituents is 1. The van der Waals surface area contributed by atoms with E-state index in [1.165, 1.54) is 25.7 Å². The highest BCUT2D eigenvalue weighted by Gasteiger charge is 2.24. The van der Waals surface area contributed by atoms with Gasteiger partial charge in [0.25, 0.3) is 5.91 Å². The van der Waals surface area contributed by atoms with E-state index in [1.54, 1.807) is 12.1 Å². The highest BCUT2D eigenvalue weighted by molar-refractivity contribution is 6.02. The zero-order chi connectivity index (χ0) is 16.8. The number of phenols is 1. The lowest BCUT2D eigenvalue weighted by atomic mass is 9.86. The Morgan fingerprint density at radius 3 is 2.83 bits per heavy atom. The Bertz CT molecular complexity index is 646. The molecule has 0 bridgehead atoms. The fourth-order valence-electron chi connectivity index (χ4n) is 2.86. The van der Waals surface area contributed by atoms with E-state index in [0.717, 1.165) is 19.3 Å². The number of aromatic hydroxyl groups is 1. The molecule has 2 N–H and O–H groups in total. The third-order valence-electron chi connectivity index (χ3n) is 4.33. The quantitative estimate of drug-likeness (QED) is 0.661. The molecular weight excluding hydrogens is 292 g/mol. The van der Waals surface area contributed by atoms with Crippen molar-refractivity contribution in [3.8, 4) is 17.6 Å². The number of nitrogens with one attached hydrogen (secondary N) is 1. The molecule has 1 aromatic carbocycles. The smallest absolute Gasteiger partial charge is 0.262 e. The average molecular weight is 314 g/mol. The van der Waals surface area contributed by atoms with E-state index in [-0.39, 0.29) is 17.4 Å². The normalized spacial score (nSPS) is 21.3.